The van der Waals surface area contributed by atoms with Gasteiger partial charge in [0, 0.05) is 13.7 Å². The predicted octanol–water partition coefficient (Wildman–Crippen LogP) is 2.94. The normalized spacial score (nSPS) is 19.9. The van der Waals surface area contributed by atoms with E-state index in [9.17, 15) is 9.59 Å². The first kappa shape index (κ1) is 21.2. The van der Waals surface area contributed by atoms with E-state index in [1.54, 1.807) is 24.0 Å². The summed E-state index contributed by atoms with van der Waals surface area (Å²) in [5.41, 5.74) is 0.154. The molecule has 1 heterocycles. The maximum Gasteiger partial charge on any atom is 0.410 e. The van der Waals surface area contributed by atoms with Crippen LogP contribution in [0.15, 0.2) is 30.3 Å². The summed E-state index contributed by atoms with van der Waals surface area (Å²) in [4.78, 5) is 26.4. The molecule has 0 aromatic heterocycles. The van der Waals surface area contributed by atoms with Crippen LogP contribution in [-0.4, -0.2) is 61.6 Å². The van der Waals surface area contributed by atoms with Gasteiger partial charge in [-0.25, -0.2) is 9.59 Å². The third-order valence-electron chi connectivity index (χ3n) is 4.12. The number of hydrogen-bond acceptors (Lipinski definition) is 6. The molecular weight excluding hydrogens is 350 g/mol. The van der Waals surface area contributed by atoms with Gasteiger partial charge in [-0.15, -0.1) is 0 Å². The molecule has 1 aromatic carbocycles. The molecule has 0 saturated carbocycles. The van der Waals surface area contributed by atoms with Crippen LogP contribution in [0.25, 0.3) is 0 Å². The zero-order valence-corrected chi connectivity index (χ0v) is 16.6. The van der Waals surface area contributed by atoms with Gasteiger partial charge < -0.3 is 23.8 Å². The lowest BCUT2D eigenvalue weighted by molar-refractivity contribution is -0.171. The van der Waals surface area contributed by atoms with Gasteiger partial charge in [-0.05, 0) is 33.3 Å². The van der Waals surface area contributed by atoms with Crippen molar-refractivity contribution in [2.24, 2.45) is 0 Å². The molecule has 1 aliphatic rings. The average Bonchev–Trinajstić information content (AvgIpc) is 2.62. The van der Waals surface area contributed by atoms with Crippen LogP contribution in [0.3, 0.4) is 0 Å². The first-order chi connectivity index (χ1) is 12.7. The highest BCUT2D eigenvalue weighted by Crippen LogP contribution is 2.21. The maximum absolute atomic E-state index is 12.5. The second-order valence-electron chi connectivity index (χ2n) is 7.50. The highest BCUT2D eigenvalue weighted by atomic mass is 16.6. The van der Waals surface area contributed by atoms with E-state index < -0.39 is 36.0 Å². The van der Waals surface area contributed by atoms with Crippen molar-refractivity contribution >= 4 is 12.1 Å². The number of methoxy groups -OCH3 is 1. The predicted molar refractivity (Wildman–Crippen MR) is 99.3 cm³/mol. The Labute approximate surface area is 160 Å². The Kier molecular flexibility index (Phi) is 7.21. The van der Waals surface area contributed by atoms with E-state index >= 15 is 0 Å². The summed E-state index contributed by atoms with van der Waals surface area (Å²) in [7, 11) is 1.46. The molecule has 3 atom stereocenters. The molecule has 0 spiro atoms. The molecular formula is C20H29NO6. The van der Waals surface area contributed by atoms with Crippen molar-refractivity contribution in [3.63, 3.8) is 0 Å². The van der Waals surface area contributed by atoms with E-state index in [2.05, 4.69) is 0 Å². The van der Waals surface area contributed by atoms with Crippen LogP contribution in [-0.2, 0) is 23.7 Å². The minimum Gasteiger partial charge on any atom is -0.458 e. The Balaban J connectivity index is 1.95. The number of carbonyl (C=O) groups is 2. The van der Waals surface area contributed by atoms with Gasteiger partial charge in [-0.1, -0.05) is 30.3 Å². The number of carbonyl (C=O) groups excluding carboxylic acids is 2. The second-order valence-corrected chi connectivity index (χ2v) is 7.50. The fourth-order valence-electron chi connectivity index (χ4n) is 2.77. The number of esters is 1. The molecule has 0 radical (unpaired) electrons. The van der Waals surface area contributed by atoms with E-state index in [4.69, 9.17) is 18.9 Å². The number of benzene rings is 1. The number of ether oxygens (including phenoxy) is 4. The molecule has 2 rings (SSSR count). The third kappa shape index (κ3) is 6.22. The summed E-state index contributed by atoms with van der Waals surface area (Å²) in [6, 6.07) is 9.15. The van der Waals surface area contributed by atoms with Crippen molar-refractivity contribution in [1.29, 1.82) is 0 Å². The zero-order chi connectivity index (χ0) is 20.0. The molecule has 0 bridgehead atoms. The average molecular weight is 379 g/mol. The highest BCUT2D eigenvalue weighted by Gasteiger charge is 2.33. The molecule has 1 aliphatic heterocycles. The van der Waals surface area contributed by atoms with Crippen molar-refractivity contribution in [2.45, 2.75) is 51.6 Å². The summed E-state index contributed by atoms with van der Waals surface area (Å²) < 4.78 is 22.0. The molecule has 0 N–H and O–H groups in total. The Bertz CT molecular complexity index is 627. The van der Waals surface area contributed by atoms with Gasteiger partial charge in [0.25, 0.3) is 0 Å². The second kappa shape index (κ2) is 9.19. The highest BCUT2D eigenvalue weighted by molar-refractivity contribution is 5.76. The summed E-state index contributed by atoms with van der Waals surface area (Å²) in [5, 5.41) is 0. The van der Waals surface area contributed by atoms with Crippen LogP contribution in [0, 0.1) is 0 Å². The lowest BCUT2D eigenvalue weighted by atomic mass is 10.1. The Morgan fingerprint density at radius 1 is 1.22 bits per heavy atom. The minimum absolute atomic E-state index is 0.298. The summed E-state index contributed by atoms with van der Waals surface area (Å²) >= 11 is 0. The monoisotopic (exact) mass is 379 g/mol. The molecule has 27 heavy (non-hydrogen) atoms. The largest absolute Gasteiger partial charge is 0.458 e. The van der Waals surface area contributed by atoms with Gasteiger partial charge in [-0.2, -0.15) is 0 Å². The van der Waals surface area contributed by atoms with Crippen molar-refractivity contribution in [2.75, 3.05) is 26.8 Å². The van der Waals surface area contributed by atoms with E-state index in [1.165, 1.54) is 7.11 Å². The van der Waals surface area contributed by atoms with E-state index in [0.29, 0.717) is 19.7 Å². The fourth-order valence-corrected chi connectivity index (χ4v) is 2.77. The molecule has 0 unspecified atom stereocenters. The van der Waals surface area contributed by atoms with Gasteiger partial charge in [0.15, 0.2) is 6.10 Å². The Morgan fingerprint density at radius 2 is 1.89 bits per heavy atom. The van der Waals surface area contributed by atoms with Crippen molar-refractivity contribution in [1.82, 2.24) is 4.90 Å². The first-order valence-electron chi connectivity index (χ1n) is 9.09. The Hall–Kier alpha value is -2.12. The molecule has 7 heteroatoms. The molecule has 1 amide bonds. The van der Waals surface area contributed by atoms with Gasteiger partial charge in [0.1, 0.15) is 17.8 Å². The molecule has 1 saturated heterocycles. The van der Waals surface area contributed by atoms with Crippen LogP contribution in [0.4, 0.5) is 4.79 Å². The van der Waals surface area contributed by atoms with Crippen molar-refractivity contribution < 1.29 is 28.5 Å². The fraction of sp³-hybridized carbons (Fsp3) is 0.600. The summed E-state index contributed by atoms with van der Waals surface area (Å²) in [5.74, 6) is -0.491. The molecule has 7 nitrogen and oxygen atoms in total. The maximum atomic E-state index is 12.5. The topological polar surface area (TPSA) is 74.3 Å². The number of nitrogens with zero attached hydrogens (tertiary/aromatic N) is 1. The molecule has 0 aliphatic carbocycles. The molecule has 1 fully saturated rings. The quantitative estimate of drug-likeness (QED) is 0.733. The Morgan fingerprint density at radius 3 is 2.48 bits per heavy atom. The van der Waals surface area contributed by atoms with E-state index in [0.717, 1.165) is 5.56 Å². The lowest BCUT2D eigenvalue weighted by Crippen LogP contribution is -2.51. The van der Waals surface area contributed by atoms with Gasteiger partial charge in [0.05, 0.1) is 13.2 Å². The van der Waals surface area contributed by atoms with Gasteiger partial charge >= 0.3 is 12.1 Å². The summed E-state index contributed by atoms with van der Waals surface area (Å²) in [6.07, 6.45) is -2.17. The van der Waals surface area contributed by atoms with Crippen LogP contribution >= 0.6 is 0 Å². The standard InChI is InChI=1S/C20H29NO6/c1-14(26-18(22)17(24-5)15-9-7-6-8-10-15)16-13-21(11-12-25-16)19(23)27-20(2,3)4/h6-10,14,16-17H,11-13H2,1-5H3/t14-,16-,17+/m0/s1. The van der Waals surface area contributed by atoms with Crippen LogP contribution in [0.5, 0.6) is 0 Å². The van der Waals surface area contributed by atoms with Crippen LogP contribution < -0.4 is 0 Å². The summed E-state index contributed by atoms with van der Waals surface area (Å²) in [6.45, 7) is 8.31. The van der Waals surface area contributed by atoms with Gasteiger partial charge in [0.2, 0.25) is 0 Å². The SMILES string of the molecule is CO[C@@H](C(=O)O[C@@H](C)[C@@H]1CN(C(=O)OC(C)(C)C)CCO1)c1ccccc1. The smallest absolute Gasteiger partial charge is 0.410 e. The molecule has 1 aromatic rings. The number of amides is 1. The van der Waals surface area contributed by atoms with E-state index in [-0.39, 0.29) is 0 Å². The van der Waals surface area contributed by atoms with Crippen LogP contribution in [0.1, 0.15) is 39.4 Å². The van der Waals surface area contributed by atoms with Crippen LogP contribution in [0.2, 0.25) is 0 Å². The minimum atomic E-state index is -0.806. The van der Waals surface area contributed by atoms with E-state index in [1.807, 2.05) is 39.0 Å². The van der Waals surface area contributed by atoms with Crippen molar-refractivity contribution in [3.8, 4) is 0 Å². The molecule has 150 valence electrons. The lowest BCUT2D eigenvalue weighted by Gasteiger charge is -2.36. The van der Waals surface area contributed by atoms with Gasteiger partial charge in [-0.3, -0.25) is 0 Å². The zero-order valence-electron chi connectivity index (χ0n) is 16.6. The first-order valence-corrected chi connectivity index (χ1v) is 9.09. The number of morpholine rings is 1. The third-order valence-corrected chi connectivity index (χ3v) is 4.12. The van der Waals surface area contributed by atoms with Crippen molar-refractivity contribution in [3.05, 3.63) is 35.9 Å². The number of hydrogen-bond donors (Lipinski definition) is 0. The number of rotatable bonds is 5.